The fourth-order valence-electron chi connectivity index (χ4n) is 2.54. The van der Waals surface area contributed by atoms with E-state index in [4.69, 9.17) is 11.6 Å². The summed E-state index contributed by atoms with van der Waals surface area (Å²) in [6.45, 7) is 3.92. The highest BCUT2D eigenvalue weighted by molar-refractivity contribution is 7.89. The molecule has 0 aliphatic heterocycles. The van der Waals surface area contributed by atoms with Crippen LogP contribution in [-0.4, -0.2) is 14.5 Å². The Hall–Kier alpha value is -0.580. The van der Waals surface area contributed by atoms with E-state index in [1.165, 1.54) is 6.42 Å². The third-order valence-electron chi connectivity index (χ3n) is 3.86. The van der Waals surface area contributed by atoms with Crippen LogP contribution >= 0.6 is 11.6 Å². The van der Waals surface area contributed by atoms with Crippen molar-refractivity contribution in [3.63, 3.8) is 0 Å². The van der Waals surface area contributed by atoms with Crippen molar-refractivity contribution in [2.24, 2.45) is 5.92 Å². The van der Waals surface area contributed by atoms with Crippen LogP contribution in [0.4, 0.5) is 0 Å². The molecule has 2 rings (SSSR count). The normalized spacial score (nSPS) is 24.4. The highest BCUT2D eigenvalue weighted by Crippen LogP contribution is 2.26. The van der Waals surface area contributed by atoms with Crippen LogP contribution in [0.2, 0.25) is 5.02 Å². The van der Waals surface area contributed by atoms with Gasteiger partial charge in [-0.2, -0.15) is 0 Å². The monoisotopic (exact) mass is 301 g/mol. The lowest BCUT2D eigenvalue weighted by molar-refractivity contribution is 0.310. The minimum atomic E-state index is -3.44. The van der Waals surface area contributed by atoms with Gasteiger partial charge in [-0.15, -0.1) is 0 Å². The van der Waals surface area contributed by atoms with Crippen molar-refractivity contribution >= 4 is 21.6 Å². The molecule has 0 radical (unpaired) electrons. The van der Waals surface area contributed by atoms with Crippen LogP contribution in [0.3, 0.4) is 0 Å². The van der Waals surface area contributed by atoms with E-state index in [2.05, 4.69) is 11.6 Å². The van der Waals surface area contributed by atoms with E-state index in [1.54, 1.807) is 18.2 Å². The molecule has 1 aromatic rings. The summed E-state index contributed by atoms with van der Waals surface area (Å²) < 4.78 is 27.5. The topological polar surface area (TPSA) is 46.2 Å². The second-order valence-corrected chi connectivity index (χ2v) is 7.52. The summed E-state index contributed by atoms with van der Waals surface area (Å²) in [7, 11) is -3.44. The zero-order valence-corrected chi connectivity index (χ0v) is 12.9. The molecule has 0 aromatic heterocycles. The molecule has 5 heteroatoms. The Morgan fingerprint density at radius 1 is 1.26 bits per heavy atom. The van der Waals surface area contributed by atoms with E-state index in [-0.39, 0.29) is 6.04 Å². The zero-order valence-electron chi connectivity index (χ0n) is 11.3. The smallest absolute Gasteiger partial charge is 0.208 e. The van der Waals surface area contributed by atoms with Gasteiger partial charge in [-0.05, 0) is 49.4 Å². The van der Waals surface area contributed by atoms with Crippen LogP contribution in [0, 0.1) is 12.8 Å². The molecule has 0 amide bonds. The van der Waals surface area contributed by atoms with Gasteiger partial charge in [0.05, 0.1) is 4.90 Å². The zero-order chi connectivity index (χ0) is 14.0. The SMILES string of the molecule is Cc1cc(S(=O)(=O)N[C@H]2CCCC[C@H]2C)ccc1Cl. The van der Waals surface area contributed by atoms with E-state index in [9.17, 15) is 8.42 Å². The second-order valence-electron chi connectivity index (χ2n) is 5.40. The minimum absolute atomic E-state index is 0.0507. The highest BCUT2D eigenvalue weighted by atomic mass is 35.5. The Bertz CT molecular complexity index is 557. The molecule has 1 N–H and O–H groups in total. The Morgan fingerprint density at radius 3 is 2.58 bits per heavy atom. The van der Waals surface area contributed by atoms with Crippen LogP contribution in [0.5, 0.6) is 0 Å². The first-order valence-corrected chi connectivity index (χ1v) is 8.55. The number of sulfonamides is 1. The summed E-state index contributed by atoms with van der Waals surface area (Å²) in [6, 6.07) is 4.87. The molecule has 0 bridgehead atoms. The van der Waals surface area contributed by atoms with E-state index in [0.717, 1.165) is 24.8 Å². The van der Waals surface area contributed by atoms with Crippen molar-refractivity contribution in [3.8, 4) is 0 Å². The Kier molecular flexibility index (Phi) is 4.54. The molecule has 1 saturated carbocycles. The van der Waals surface area contributed by atoms with Gasteiger partial charge in [0.25, 0.3) is 0 Å². The standard InChI is InChI=1S/C14H20ClNO2S/c1-10-5-3-4-6-14(10)16-19(17,18)12-7-8-13(15)11(2)9-12/h7-10,14,16H,3-6H2,1-2H3/t10-,14+/m1/s1. The van der Waals surface area contributed by atoms with E-state index in [0.29, 0.717) is 15.8 Å². The van der Waals surface area contributed by atoms with Crippen molar-refractivity contribution in [1.82, 2.24) is 4.72 Å². The maximum absolute atomic E-state index is 12.4. The number of hydrogen-bond acceptors (Lipinski definition) is 2. The van der Waals surface area contributed by atoms with Crippen LogP contribution in [-0.2, 0) is 10.0 Å². The van der Waals surface area contributed by atoms with Gasteiger partial charge < -0.3 is 0 Å². The number of hydrogen-bond donors (Lipinski definition) is 1. The number of rotatable bonds is 3. The Morgan fingerprint density at radius 2 is 1.95 bits per heavy atom. The van der Waals surface area contributed by atoms with Crippen molar-refractivity contribution in [3.05, 3.63) is 28.8 Å². The van der Waals surface area contributed by atoms with Crippen LogP contribution < -0.4 is 4.72 Å². The molecule has 0 unspecified atom stereocenters. The van der Waals surface area contributed by atoms with Crippen molar-refractivity contribution in [2.45, 2.75) is 50.5 Å². The van der Waals surface area contributed by atoms with Crippen LogP contribution in [0.1, 0.15) is 38.2 Å². The maximum Gasteiger partial charge on any atom is 0.240 e. The lowest BCUT2D eigenvalue weighted by Gasteiger charge is -2.29. The molecule has 0 saturated heterocycles. The predicted octanol–water partition coefficient (Wildman–Crippen LogP) is 3.51. The highest BCUT2D eigenvalue weighted by Gasteiger charge is 2.26. The molecule has 1 aliphatic rings. The molecule has 0 heterocycles. The van der Waals surface area contributed by atoms with Gasteiger partial charge in [0.2, 0.25) is 10.0 Å². The largest absolute Gasteiger partial charge is 0.240 e. The molecule has 1 fully saturated rings. The summed E-state index contributed by atoms with van der Waals surface area (Å²) in [5, 5.41) is 0.588. The van der Waals surface area contributed by atoms with Gasteiger partial charge in [0, 0.05) is 11.1 Å². The van der Waals surface area contributed by atoms with Gasteiger partial charge >= 0.3 is 0 Å². The molecule has 19 heavy (non-hydrogen) atoms. The predicted molar refractivity (Wildman–Crippen MR) is 77.9 cm³/mol. The van der Waals surface area contributed by atoms with Crippen LogP contribution in [0.25, 0.3) is 0 Å². The number of benzene rings is 1. The number of aryl methyl sites for hydroxylation is 1. The molecule has 0 spiro atoms. The van der Waals surface area contributed by atoms with Gasteiger partial charge in [-0.3, -0.25) is 0 Å². The molecule has 3 nitrogen and oxygen atoms in total. The molecular formula is C14H20ClNO2S. The summed E-state index contributed by atoms with van der Waals surface area (Å²) in [4.78, 5) is 0.298. The third kappa shape index (κ3) is 3.50. The van der Waals surface area contributed by atoms with Crippen LogP contribution in [0.15, 0.2) is 23.1 Å². The quantitative estimate of drug-likeness (QED) is 0.928. The fraction of sp³-hybridized carbons (Fsp3) is 0.571. The Balaban J connectivity index is 2.19. The molecular weight excluding hydrogens is 282 g/mol. The molecule has 2 atom stereocenters. The summed E-state index contributed by atoms with van der Waals surface area (Å²) >= 11 is 5.93. The summed E-state index contributed by atoms with van der Waals surface area (Å²) in [5.74, 6) is 0.400. The van der Waals surface area contributed by atoms with Gasteiger partial charge in [0.1, 0.15) is 0 Å². The van der Waals surface area contributed by atoms with Crippen molar-refractivity contribution in [1.29, 1.82) is 0 Å². The second kappa shape index (κ2) is 5.81. The number of halogens is 1. The average Bonchev–Trinajstić information content (AvgIpc) is 2.35. The third-order valence-corrected chi connectivity index (χ3v) is 5.77. The average molecular weight is 302 g/mol. The van der Waals surface area contributed by atoms with Gasteiger partial charge in [0.15, 0.2) is 0 Å². The van der Waals surface area contributed by atoms with Gasteiger partial charge in [-0.25, -0.2) is 13.1 Å². The molecule has 106 valence electrons. The molecule has 1 aromatic carbocycles. The van der Waals surface area contributed by atoms with Gasteiger partial charge in [-0.1, -0.05) is 31.4 Å². The number of nitrogens with one attached hydrogen (secondary N) is 1. The fourth-order valence-corrected chi connectivity index (χ4v) is 4.12. The first kappa shape index (κ1) is 14.8. The lowest BCUT2D eigenvalue weighted by Crippen LogP contribution is -2.40. The lowest BCUT2D eigenvalue weighted by atomic mass is 9.87. The summed E-state index contributed by atoms with van der Waals surface area (Å²) in [6.07, 6.45) is 4.30. The minimum Gasteiger partial charge on any atom is -0.208 e. The first-order valence-electron chi connectivity index (χ1n) is 6.68. The van der Waals surface area contributed by atoms with E-state index in [1.807, 2.05) is 6.92 Å². The van der Waals surface area contributed by atoms with Crippen molar-refractivity contribution in [2.75, 3.05) is 0 Å². The van der Waals surface area contributed by atoms with Crippen molar-refractivity contribution < 1.29 is 8.42 Å². The first-order chi connectivity index (χ1) is 8.90. The maximum atomic E-state index is 12.4. The molecule has 1 aliphatic carbocycles. The van der Waals surface area contributed by atoms with E-state index >= 15 is 0 Å². The van der Waals surface area contributed by atoms with E-state index < -0.39 is 10.0 Å². The summed E-state index contributed by atoms with van der Waals surface area (Å²) in [5.41, 5.74) is 0.779. The Labute approximate surface area is 120 Å².